The number of benzene rings is 2. The first-order valence-electron chi connectivity index (χ1n) is 7.66. The van der Waals surface area contributed by atoms with Crippen LogP contribution < -0.4 is 0 Å². The van der Waals surface area contributed by atoms with Crippen LogP contribution in [-0.2, 0) is 0 Å². The van der Waals surface area contributed by atoms with Crippen LogP contribution in [0.2, 0.25) is 0 Å². The molecule has 0 spiro atoms. The Labute approximate surface area is 117 Å². The Morgan fingerprint density at radius 1 is 0.737 bits per heavy atom. The van der Waals surface area contributed by atoms with E-state index in [1.54, 1.807) is 12.1 Å². The van der Waals surface area contributed by atoms with Crippen LogP contribution in [0.3, 0.4) is 0 Å². The van der Waals surface area contributed by atoms with Crippen LogP contribution in [0.25, 0.3) is 22.4 Å². The van der Waals surface area contributed by atoms with E-state index in [1.165, 1.54) is 0 Å². The summed E-state index contributed by atoms with van der Waals surface area (Å²) in [6.45, 7) is -2.06. The summed E-state index contributed by atoms with van der Waals surface area (Å²) in [6.07, 6.45) is 1.81. The minimum absolute atomic E-state index is 0.352. The van der Waals surface area contributed by atoms with Crippen molar-refractivity contribution in [3.05, 3.63) is 78.5 Å². The Balaban J connectivity index is 1.87. The highest BCUT2D eigenvalue weighted by Crippen LogP contribution is 2.22. The SMILES string of the molecule is [2H]C([2H])([2H])c1ccc(-c2ccc(-c3ccccc3)nc2)cc1. The molecule has 0 radical (unpaired) electrons. The van der Waals surface area contributed by atoms with Gasteiger partial charge in [0.05, 0.1) is 5.69 Å². The average Bonchev–Trinajstić information content (AvgIpc) is 2.55. The van der Waals surface area contributed by atoms with E-state index in [2.05, 4.69) is 4.98 Å². The molecule has 0 unspecified atom stereocenters. The van der Waals surface area contributed by atoms with Crippen molar-refractivity contribution in [1.29, 1.82) is 0 Å². The van der Waals surface area contributed by atoms with E-state index in [9.17, 15) is 0 Å². The van der Waals surface area contributed by atoms with Crippen molar-refractivity contribution in [2.24, 2.45) is 0 Å². The second kappa shape index (κ2) is 5.07. The zero-order chi connectivity index (χ0) is 15.6. The number of aryl methyl sites for hydroxylation is 1. The van der Waals surface area contributed by atoms with E-state index in [0.717, 1.165) is 22.4 Å². The predicted molar refractivity (Wildman–Crippen MR) is 79.8 cm³/mol. The zero-order valence-electron chi connectivity index (χ0n) is 13.4. The normalized spacial score (nSPS) is 13.4. The van der Waals surface area contributed by atoms with E-state index in [-0.39, 0.29) is 0 Å². The fourth-order valence-corrected chi connectivity index (χ4v) is 2.01. The third-order valence-corrected chi connectivity index (χ3v) is 3.05. The first-order valence-corrected chi connectivity index (χ1v) is 6.16. The van der Waals surface area contributed by atoms with E-state index in [1.807, 2.05) is 60.8 Å². The van der Waals surface area contributed by atoms with Crippen molar-refractivity contribution in [1.82, 2.24) is 4.98 Å². The molecule has 92 valence electrons. The topological polar surface area (TPSA) is 12.9 Å². The number of rotatable bonds is 2. The lowest BCUT2D eigenvalue weighted by atomic mass is 10.0. The third kappa shape index (κ3) is 2.55. The number of hydrogen-bond acceptors (Lipinski definition) is 1. The highest BCUT2D eigenvalue weighted by atomic mass is 14.7. The molecule has 0 aliphatic carbocycles. The van der Waals surface area contributed by atoms with Gasteiger partial charge >= 0.3 is 0 Å². The van der Waals surface area contributed by atoms with Gasteiger partial charge in [0, 0.05) is 21.4 Å². The fraction of sp³-hybridized carbons (Fsp3) is 0.0556. The maximum absolute atomic E-state index is 7.39. The molecule has 0 fully saturated rings. The second-order valence-corrected chi connectivity index (χ2v) is 4.38. The second-order valence-electron chi connectivity index (χ2n) is 4.38. The van der Waals surface area contributed by atoms with Crippen molar-refractivity contribution in [3.63, 3.8) is 0 Å². The molecule has 0 aliphatic heterocycles. The van der Waals surface area contributed by atoms with Crippen molar-refractivity contribution in [3.8, 4) is 22.4 Å². The molecule has 0 amide bonds. The zero-order valence-corrected chi connectivity index (χ0v) is 10.4. The number of aromatic nitrogens is 1. The van der Waals surface area contributed by atoms with Crippen molar-refractivity contribution < 1.29 is 4.11 Å². The summed E-state index contributed by atoms with van der Waals surface area (Å²) in [6, 6.07) is 20.9. The summed E-state index contributed by atoms with van der Waals surface area (Å²) >= 11 is 0. The Kier molecular flexibility index (Phi) is 2.31. The number of hydrogen-bond donors (Lipinski definition) is 0. The molecule has 0 N–H and O–H groups in total. The number of pyridine rings is 1. The van der Waals surface area contributed by atoms with Gasteiger partial charge in [0.2, 0.25) is 0 Å². The van der Waals surface area contributed by atoms with Crippen LogP contribution in [0.1, 0.15) is 9.68 Å². The quantitative estimate of drug-likeness (QED) is 0.639. The van der Waals surface area contributed by atoms with Crippen LogP contribution in [-0.4, -0.2) is 4.98 Å². The molecule has 0 atom stereocenters. The molecule has 3 rings (SSSR count). The number of nitrogens with zero attached hydrogens (tertiary/aromatic N) is 1. The molecule has 0 saturated carbocycles. The van der Waals surface area contributed by atoms with Crippen LogP contribution in [0.15, 0.2) is 72.9 Å². The highest BCUT2D eigenvalue weighted by Gasteiger charge is 2.00. The molecule has 0 saturated heterocycles. The average molecular weight is 248 g/mol. The minimum Gasteiger partial charge on any atom is -0.256 e. The van der Waals surface area contributed by atoms with Gasteiger partial charge in [-0.25, -0.2) is 0 Å². The fourth-order valence-electron chi connectivity index (χ4n) is 2.01. The van der Waals surface area contributed by atoms with Gasteiger partial charge < -0.3 is 0 Å². The molecule has 19 heavy (non-hydrogen) atoms. The lowest BCUT2D eigenvalue weighted by molar-refractivity contribution is 1.32. The summed E-state index contributed by atoms with van der Waals surface area (Å²) in [5, 5.41) is 0. The Bertz CT molecular complexity index is 745. The maximum Gasteiger partial charge on any atom is 0.0702 e. The van der Waals surface area contributed by atoms with Gasteiger partial charge in [-0.3, -0.25) is 4.98 Å². The van der Waals surface area contributed by atoms with E-state index in [4.69, 9.17) is 4.11 Å². The van der Waals surface area contributed by atoms with Gasteiger partial charge in [-0.15, -0.1) is 0 Å². The van der Waals surface area contributed by atoms with Gasteiger partial charge in [-0.05, 0) is 18.5 Å². The van der Waals surface area contributed by atoms with Crippen LogP contribution in [0.5, 0.6) is 0 Å². The first kappa shape index (κ1) is 8.65. The summed E-state index contributed by atoms with van der Waals surface area (Å²) in [4.78, 5) is 4.49. The first-order chi connectivity index (χ1) is 10.5. The monoisotopic (exact) mass is 248 g/mol. The Morgan fingerprint density at radius 3 is 2.11 bits per heavy atom. The Morgan fingerprint density at radius 2 is 1.47 bits per heavy atom. The van der Waals surface area contributed by atoms with Crippen LogP contribution in [0, 0.1) is 6.85 Å². The van der Waals surface area contributed by atoms with E-state index < -0.39 is 6.85 Å². The standard InChI is InChI=1S/C18H15N/c1-14-7-9-15(10-8-14)17-11-12-18(19-13-17)16-5-3-2-4-6-16/h2-13H,1H3/i1D3. The van der Waals surface area contributed by atoms with Gasteiger partial charge in [-0.1, -0.05) is 66.2 Å². The van der Waals surface area contributed by atoms with Crippen molar-refractivity contribution >= 4 is 0 Å². The molecular weight excluding hydrogens is 230 g/mol. The third-order valence-electron chi connectivity index (χ3n) is 3.05. The smallest absolute Gasteiger partial charge is 0.0702 e. The van der Waals surface area contributed by atoms with E-state index in [0.29, 0.717) is 5.56 Å². The molecule has 2 aromatic carbocycles. The summed E-state index contributed by atoms with van der Waals surface area (Å²) in [5.74, 6) is 0. The predicted octanol–water partition coefficient (Wildman–Crippen LogP) is 4.72. The largest absolute Gasteiger partial charge is 0.256 e. The molecule has 0 aliphatic rings. The van der Waals surface area contributed by atoms with Crippen molar-refractivity contribution in [2.75, 3.05) is 0 Å². The molecule has 0 bridgehead atoms. The lowest BCUT2D eigenvalue weighted by Gasteiger charge is -2.04. The summed E-state index contributed by atoms with van der Waals surface area (Å²) < 4.78 is 22.2. The summed E-state index contributed by atoms with van der Waals surface area (Å²) in [7, 11) is 0. The molecule has 1 heterocycles. The molecule has 1 heteroatoms. The van der Waals surface area contributed by atoms with Crippen LogP contribution >= 0.6 is 0 Å². The Hall–Kier alpha value is -2.41. The van der Waals surface area contributed by atoms with Gasteiger partial charge in [0.15, 0.2) is 0 Å². The molecule has 3 aromatic rings. The van der Waals surface area contributed by atoms with Crippen LogP contribution in [0.4, 0.5) is 0 Å². The van der Waals surface area contributed by atoms with Gasteiger partial charge in [-0.2, -0.15) is 0 Å². The molecule has 1 aromatic heterocycles. The van der Waals surface area contributed by atoms with E-state index >= 15 is 0 Å². The maximum atomic E-state index is 7.39. The van der Waals surface area contributed by atoms with Crippen molar-refractivity contribution in [2.45, 2.75) is 6.85 Å². The van der Waals surface area contributed by atoms with Gasteiger partial charge in [0.1, 0.15) is 0 Å². The highest BCUT2D eigenvalue weighted by molar-refractivity contribution is 5.66. The molecule has 1 nitrogen and oxygen atoms in total. The summed E-state index contributed by atoms with van der Waals surface area (Å²) in [5.41, 5.74) is 4.28. The molecular formula is C18H15N. The lowest BCUT2D eigenvalue weighted by Crippen LogP contribution is -1.85. The van der Waals surface area contributed by atoms with Gasteiger partial charge in [0.25, 0.3) is 0 Å². The minimum atomic E-state index is -2.06.